The summed E-state index contributed by atoms with van der Waals surface area (Å²) in [4.78, 5) is 6.87. The van der Waals surface area contributed by atoms with Crippen LogP contribution in [0.2, 0.25) is 0 Å². The highest BCUT2D eigenvalue weighted by Gasteiger charge is 2.42. The average molecular weight is 471 g/mol. The second kappa shape index (κ2) is 8.69. The first kappa shape index (κ1) is 22.3. The molecule has 1 aliphatic heterocycles. The van der Waals surface area contributed by atoms with E-state index in [-0.39, 0.29) is 17.9 Å². The number of halogens is 1. The first-order valence-electron chi connectivity index (χ1n) is 11.4. The molecule has 0 saturated carbocycles. The first-order valence-corrected chi connectivity index (χ1v) is 11.8. The molecule has 1 fully saturated rings. The Morgan fingerprint density at radius 3 is 2.29 bits per heavy atom. The lowest BCUT2D eigenvalue weighted by molar-refractivity contribution is 0.565. The Labute approximate surface area is 205 Å². The molecule has 2 aromatic carbocycles. The number of nitrogens with zero attached hydrogens (tertiary/aromatic N) is 3. The Morgan fingerprint density at radius 2 is 1.62 bits per heavy atom. The van der Waals surface area contributed by atoms with Crippen LogP contribution in [0.4, 0.5) is 10.1 Å². The number of aromatic nitrogens is 2. The maximum absolute atomic E-state index is 13.6. The van der Waals surface area contributed by atoms with Crippen molar-refractivity contribution >= 4 is 23.0 Å². The maximum atomic E-state index is 13.6. The van der Waals surface area contributed by atoms with Crippen molar-refractivity contribution in [2.75, 3.05) is 4.90 Å². The fraction of sp³-hybridized carbons (Fsp3) is 0.214. The fourth-order valence-electron chi connectivity index (χ4n) is 4.90. The molecule has 0 unspecified atom stereocenters. The van der Waals surface area contributed by atoms with Gasteiger partial charge in [0.2, 0.25) is 0 Å². The molecule has 6 heteroatoms. The van der Waals surface area contributed by atoms with Crippen LogP contribution in [0.15, 0.2) is 72.9 Å². The summed E-state index contributed by atoms with van der Waals surface area (Å²) in [5, 5.41) is 4.22. The lowest BCUT2D eigenvalue weighted by atomic mass is 9.96. The van der Waals surface area contributed by atoms with Crippen LogP contribution in [0.1, 0.15) is 45.9 Å². The van der Waals surface area contributed by atoms with Crippen molar-refractivity contribution in [3.8, 4) is 5.69 Å². The number of rotatable bonds is 4. The van der Waals surface area contributed by atoms with Crippen LogP contribution < -0.4 is 10.2 Å². The Bertz CT molecular complexity index is 1360. The van der Waals surface area contributed by atoms with Gasteiger partial charge < -0.3 is 14.8 Å². The van der Waals surface area contributed by atoms with Gasteiger partial charge in [0.05, 0.1) is 17.8 Å². The van der Waals surface area contributed by atoms with Crippen LogP contribution in [0.5, 0.6) is 0 Å². The van der Waals surface area contributed by atoms with E-state index in [0.29, 0.717) is 5.11 Å². The normalized spacial score (nSPS) is 17.8. The molecule has 0 spiro atoms. The number of anilines is 1. The van der Waals surface area contributed by atoms with E-state index in [2.05, 4.69) is 71.7 Å². The summed E-state index contributed by atoms with van der Waals surface area (Å²) in [6.45, 7) is 8.43. The molecular formula is C28H27FN4S. The Kier molecular flexibility index (Phi) is 5.70. The fourth-order valence-corrected chi connectivity index (χ4v) is 5.24. The zero-order valence-electron chi connectivity index (χ0n) is 19.7. The minimum atomic E-state index is -0.243. The van der Waals surface area contributed by atoms with Gasteiger partial charge in [0.1, 0.15) is 5.82 Å². The second-order valence-corrected chi connectivity index (χ2v) is 9.29. The van der Waals surface area contributed by atoms with Crippen molar-refractivity contribution in [3.05, 3.63) is 113 Å². The van der Waals surface area contributed by atoms with Crippen molar-refractivity contribution in [1.82, 2.24) is 14.9 Å². The number of pyridine rings is 1. The van der Waals surface area contributed by atoms with E-state index in [4.69, 9.17) is 12.2 Å². The van der Waals surface area contributed by atoms with E-state index in [9.17, 15) is 4.39 Å². The third-order valence-electron chi connectivity index (χ3n) is 6.74. The molecule has 0 bridgehead atoms. The molecule has 172 valence electrons. The second-order valence-electron chi connectivity index (χ2n) is 8.90. The molecule has 1 aliphatic rings. The molecule has 2 aromatic heterocycles. The third-order valence-corrected chi connectivity index (χ3v) is 7.06. The van der Waals surface area contributed by atoms with Crippen LogP contribution >= 0.6 is 12.2 Å². The molecule has 4 aromatic rings. The Morgan fingerprint density at radius 1 is 0.882 bits per heavy atom. The van der Waals surface area contributed by atoms with Crippen LogP contribution in [0, 0.1) is 33.5 Å². The number of benzene rings is 2. The highest BCUT2D eigenvalue weighted by molar-refractivity contribution is 7.80. The minimum Gasteiger partial charge on any atom is -0.351 e. The molecule has 2 atom stereocenters. The number of hydrogen-bond acceptors (Lipinski definition) is 2. The maximum Gasteiger partial charge on any atom is 0.174 e. The van der Waals surface area contributed by atoms with Crippen molar-refractivity contribution < 1.29 is 4.39 Å². The van der Waals surface area contributed by atoms with E-state index in [1.165, 1.54) is 23.3 Å². The van der Waals surface area contributed by atoms with E-state index in [0.717, 1.165) is 34.0 Å². The highest BCUT2D eigenvalue weighted by atomic mass is 32.1. The van der Waals surface area contributed by atoms with Crippen LogP contribution in [-0.4, -0.2) is 14.7 Å². The molecule has 1 N–H and O–H groups in total. The summed E-state index contributed by atoms with van der Waals surface area (Å²) in [5.41, 5.74) is 8.72. The van der Waals surface area contributed by atoms with E-state index >= 15 is 0 Å². The summed E-state index contributed by atoms with van der Waals surface area (Å²) >= 11 is 5.88. The van der Waals surface area contributed by atoms with E-state index in [1.807, 2.05) is 36.5 Å². The third kappa shape index (κ3) is 3.78. The summed E-state index contributed by atoms with van der Waals surface area (Å²) < 4.78 is 15.8. The first-order chi connectivity index (χ1) is 16.3. The Balaban J connectivity index is 1.68. The lowest BCUT2D eigenvalue weighted by Crippen LogP contribution is -2.29. The largest absolute Gasteiger partial charge is 0.351 e. The molecule has 0 aliphatic carbocycles. The van der Waals surface area contributed by atoms with Crippen LogP contribution in [-0.2, 0) is 0 Å². The Hall–Kier alpha value is -3.51. The smallest absolute Gasteiger partial charge is 0.174 e. The van der Waals surface area contributed by atoms with Crippen LogP contribution in [0.25, 0.3) is 5.69 Å². The molecule has 1 saturated heterocycles. The number of hydrogen-bond donors (Lipinski definition) is 1. The highest BCUT2D eigenvalue weighted by Crippen LogP contribution is 2.44. The monoisotopic (exact) mass is 470 g/mol. The quantitative estimate of drug-likeness (QED) is 0.349. The van der Waals surface area contributed by atoms with Crippen molar-refractivity contribution in [2.45, 2.75) is 39.8 Å². The molecule has 0 amide bonds. The van der Waals surface area contributed by atoms with Gasteiger partial charge in [-0.1, -0.05) is 12.1 Å². The van der Waals surface area contributed by atoms with Crippen LogP contribution in [0.3, 0.4) is 0 Å². The standard InChI is InChI=1S/C28H27FN4S/c1-17-8-11-23(15-18(17)2)33-27(26(31-28(33)34)25-7-5-6-14-30-25)24-16-19(3)32(20(24)4)22-12-9-21(29)10-13-22/h5-16,26-27H,1-4H3,(H,31,34)/t26-,27-/m0/s1. The molecular weight excluding hydrogens is 443 g/mol. The predicted molar refractivity (Wildman–Crippen MR) is 139 cm³/mol. The van der Waals surface area contributed by atoms with Gasteiger partial charge in [0.15, 0.2) is 5.11 Å². The van der Waals surface area contributed by atoms with Gasteiger partial charge in [0.25, 0.3) is 0 Å². The van der Waals surface area contributed by atoms with E-state index < -0.39 is 0 Å². The lowest BCUT2D eigenvalue weighted by Gasteiger charge is -2.28. The van der Waals surface area contributed by atoms with Gasteiger partial charge >= 0.3 is 0 Å². The van der Waals surface area contributed by atoms with Gasteiger partial charge in [-0.3, -0.25) is 4.98 Å². The van der Waals surface area contributed by atoms with Gasteiger partial charge in [-0.2, -0.15) is 0 Å². The number of thiocarbonyl (C=S) groups is 1. The van der Waals surface area contributed by atoms with Gasteiger partial charge in [0, 0.05) is 29.0 Å². The van der Waals surface area contributed by atoms with Gasteiger partial charge in [-0.05, 0) is 111 Å². The molecule has 3 heterocycles. The van der Waals surface area contributed by atoms with E-state index in [1.54, 1.807) is 0 Å². The summed E-state index contributed by atoms with van der Waals surface area (Å²) in [7, 11) is 0. The average Bonchev–Trinajstić information content (AvgIpc) is 3.32. The van der Waals surface area contributed by atoms with Crippen molar-refractivity contribution in [2.24, 2.45) is 0 Å². The summed E-state index contributed by atoms with van der Waals surface area (Å²) in [6.07, 6.45) is 1.82. The zero-order chi connectivity index (χ0) is 24.0. The number of nitrogens with one attached hydrogen (secondary N) is 1. The minimum absolute atomic E-state index is 0.0927. The SMILES string of the molecule is Cc1ccc(N2C(=S)N[C@@H](c3ccccn3)[C@@H]2c2cc(C)n(-c3ccc(F)cc3)c2C)cc1C. The van der Waals surface area contributed by atoms with Crippen molar-refractivity contribution in [3.63, 3.8) is 0 Å². The van der Waals surface area contributed by atoms with Crippen molar-refractivity contribution in [1.29, 1.82) is 0 Å². The summed E-state index contributed by atoms with van der Waals surface area (Å²) in [5.74, 6) is -0.243. The topological polar surface area (TPSA) is 33.1 Å². The molecule has 5 rings (SSSR count). The summed E-state index contributed by atoms with van der Waals surface area (Å²) in [6, 6.07) is 21.1. The van der Waals surface area contributed by atoms with Gasteiger partial charge in [-0.25, -0.2) is 4.39 Å². The molecule has 4 nitrogen and oxygen atoms in total. The number of aryl methyl sites for hydroxylation is 3. The molecule has 34 heavy (non-hydrogen) atoms. The zero-order valence-corrected chi connectivity index (χ0v) is 20.5. The van der Waals surface area contributed by atoms with Gasteiger partial charge in [-0.15, -0.1) is 0 Å². The molecule has 0 radical (unpaired) electrons. The predicted octanol–water partition coefficient (Wildman–Crippen LogP) is 6.42.